The molecule has 1 aromatic carbocycles. The highest BCUT2D eigenvalue weighted by molar-refractivity contribution is 6.10. The van der Waals surface area contributed by atoms with Gasteiger partial charge in [0.15, 0.2) is 0 Å². The fourth-order valence-corrected chi connectivity index (χ4v) is 3.93. The van der Waals surface area contributed by atoms with Gasteiger partial charge in [0.05, 0.1) is 22.8 Å². The van der Waals surface area contributed by atoms with Crippen molar-refractivity contribution in [2.75, 3.05) is 25.0 Å². The largest absolute Gasteiger partial charge is 0.367 e. The molecule has 0 saturated carbocycles. The maximum absolute atomic E-state index is 12.0. The Morgan fingerprint density at radius 2 is 2.10 bits per heavy atom. The first-order chi connectivity index (χ1) is 13.8. The zero-order chi connectivity index (χ0) is 20.9. The predicted molar refractivity (Wildman–Crippen MR) is 113 cm³/mol. The molecule has 1 saturated heterocycles. The molecule has 1 aliphatic heterocycles. The summed E-state index contributed by atoms with van der Waals surface area (Å²) >= 11 is 0. The molecular weight excluding hydrogens is 368 g/mol. The maximum Gasteiger partial charge on any atom is 0.250 e. The van der Waals surface area contributed by atoms with Crippen LogP contribution in [0, 0.1) is 6.92 Å². The number of likely N-dealkylation sites (N-methyl/N-ethyl adjacent to an activating group) is 1. The molecule has 150 valence electrons. The van der Waals surface area contributed by atoms with Crippen LogP contribution in [0.25, 0.3) is 22.2 Å². The Morgan fingerprint density at radius 1 is 1.38 bits per heavy atom. The first kappa shape index (κ1) is 18.8. The summed E-state index contributed by atoms with van der Waals surface area (Å²) in [4.78, 5) is 31.0. The molecule has 2 aromatic heterocycles. The molecule has 3 heterocycles. The van der Waals surface area contributed by atoms with E-state index in [1.807, 2.05) is 39.3 Å². The van der Waals surface area contributed by atoms with E-state index in [1.54, 1.807) is 15.6 Å². The fourth-order valence-electron chi connectivity index (χ4n) is 3.93. The lowest BCUT2D eigenvalue weighted by Crippen LogP contribution is -2.60. The number of primary amides is 1. The molecule has 0 unspecified atom stereocenters. The number of nitrogens with zero attached hydrogens (tertiary/aromatic N) is 4. The Balaban J connectivity index is 1.76. The van der Waals surface area contributed by atoms with Crippen LogP contribution in [0.3, 0.4) is 0 Å². The van der Waals surface area contributed by atoms with Crippen molar-refractivity contribution in [1.29, 1.82) is 0 Å². The van der Waals surface area contributed by atoms with Crippen LogP contribution in [0.4, 0.5) is 5.69 Å². The summed E-state index contributed by atoms with van der Waals surface area (Å²) < 4.78 is 1.76. The van der Waals surface area contributed by atoms with Gasteiger partial charge in [-0.1, -0.05) is 6.58 Å². The lowest BCUT2D eigenvalue weighted by atomic mass is 10.0. The minimum absolute atomic E-state index is 0.0557. The number of hydrogen-bond acceptors (Lipinski definition) is 4. The van der Waals surface area contributed by atoms with E-state index in [9.17, 15) is 9.59 Å². The zero-order valence-electron chi connectivity index (χ0n) is 16.8. The summed E-state index contributed by atoms with van der Waals surface area (Å²) in [6.45, 7) is 6.76. The van der Waals surface area contributed by atoms with Crippen LogP contribution >= 0.6 is 0 Å². The van der Waals surface area contributed by atoms with Crippen molar-refractivity contribution in [2.45, 2.75) is 13.0 Å². The SMILES string of the molecule is C=CC(=O)N1CC(N(C)c2ccc(C(N)=O)c3[nH]c(-c4cn(C)nc4C)cc23)C1. The number of aromatic nitrogens is 3. The van der Waals surface area contributed by atoms with Crippen LogP contribution in [0.5, 0.6) is 0 Å². The lowest BCUT2D eigenvalue weighted by Gasteiger charge is -2.44. The van der Waals surface area contributed by atoms with E-state index in [1.165, 1.54) is 6.08 Å². The van der Waals surface area contributed by atoms with Crippen molar-refractivity contribution in [3.63, 3.8) is 0 Å². The van der Waals surface area contributed by atoms with Crippen molar-refractivity contribution in [3.8, 4) is 11.3 Å². The number of amides is 2. The molecule has 1 fully saturated rings. The number of H-pyrrole nitrogens is 1. The van der Waals surface area contributed by atoms with Gasteiger partial charge in [0.2, 0.25) is 5.91 Å². The molecule has 0 atom stereocenters. The number of fused-ring (bicyclic) bond motifs is 1. The summed E-state index contributed by atoms with van der Waals surface area (Å²) in [5, 5.41) is 5.32. The summed E-state index contributed by atoms with van der Waals surface area (Å²) in [5.74, 6) is -0.535. The second-order valence-electron chi connectivity index (χ2n) is 7.48. The highest BCUT2D eigenvalue weighted by Gasteiger charge is 2.33. The number of anilines is 1. The molecule has 1 aliphatic rings. The number of hydrogen-bond donors (Lipinski definition) is 2. The third kappa shape index (κ3) is 3.06. The van der Waals surface area contributed by atoms with Crippen molar-refractivity contribution in [1.82, 2.24) is 19.7 Å². The van der Waals surface area contributed by atoms with Crippen LogP contribution in [0.2, 0.25) is 0 Å². The number of carbonyl (C=O) groups is 2. The topological polar surface area (TPSA) is 100 Å². The Labute approximate surface area is 168 Å². The number of aryl methyl sites for hydroxylation is 2. The Morgan fingerprint density at radius 3 is 2.69 bits per heavy atom. The molecule has 29 heavy (non-hydrogen) atoms. The number of likely N-dealkylation sites (tertiary alicyclic amines) is 1. The molecule has 3 N–H and O–H groups in total. The average Bonchev–Trinajstić information content (AvgIpc) is 3.21. The zero-order valence-corrected chi connectivity index (χ0v) is 16.8. The molecule has 0 aliphatic carbocycles. The van der Waals surface area contributed by atoms with E-state index in [-0.39, 0.29) is 11.9 Å². The fraction of sp³-hybridized carbons (Fsp3) is 0.286. The summed E-state index contributed by atoms with van der Waals surface area (Å²) in [7, 11) is 3.88. The molecular formula is C21H24N6O2. The van der Waals surface area contributed by atoms with Crippen molar-refractivity contribution < 1.29 is 9.59 Å². The Hall–Kier alpha value is -3.55. The smallest absolute Gasteiger partial charge is 0.250 e. The monoisotopic (exact) mass is 392 g/mol. The average molecular weight is 392 g/mol. The highest BCUT2D eigenvalue weighted by atomic mass is 16.2. The molecule has 0 radical (unpaired) electrons. The van der Waals surface area contributed by atoms with Crippen LogP contribution in [0.15, 0.2) is 37.1 Å². The third-order valence-corrected chi connectivity index (χ3v) is 5.62. The van der Waals surface area contributed by atoms with E-state index < -0.39 is 5.91 Å². The molecule has 8 nitrogen and oxygen atoms in total. The van der Waals surface area contributed by atoms with E-state index in [0.29, 0.717) is 24.2 Å². The first-order valence-electron chi connectivity index (χ1n) is 9.40. The number of nitrogens with one attached hydrogen (secondary N) is 1. The van der Waals surface area contributed by atoms with Gasteiger partial charge in [-0.05, 0) is 31.2 Å². The van der Waals surface area contributed by atoms with Crippen LogP contribution in [-0.2, 0) is 11.8 Å². The number of rotatable bonds is 5. The van der Waals surface area contributed by atoms with Crippen LogP contribution in [-0.4, -0.2) is 57.7 Å². The quantitative estimate of drug-likeness (QED) is 0.647. The van der Waals surface area contributed by atoms with Gasteiger partial charge in [-0.15, -0.1) is 0 Å². The first-order valence-corrected chi connectivity index (χ1v) is 9.40. The van der Waals surface area contributed by atoms with Crippen molar-refractivity contribution in [3.05, 3.63) is 48.3 Å². The predicted octanol–water partition coefficient (Wildman–Crippen LogP) is 1.81. The van der Waals surface area contributed by atoms with Gasteiger partial charge in [-0.25, -0.2) is 0 Å². The Bertz CT molecular complexity index is 1140. The van der Waals surface area contributed by atoms with Crippen molar-refractivity contribution in [2.24, 2.45) is 12.8 Å². The van der Waals surface area contributed by atoms with Gasteiger partial charge in [-0.2, -0.15) is 5.10 Å². The minimum atomic E-state index is -0.480. The van der Waals surface area contributed by atoms with Crippen molar-refractivity contribution >= 4 is 28.4 Å². The van der Waals surface area contributed by atoms with Crippen LogP contribution < -0.4 is 10.6 Å². The number of nitrogens with two attached hydrogens (primary N) is 1. The second kappa shape index (κ2) is 6.80. The summed E-state index contributed by atoms with van der Waals surface area (Å²) in [6.07, 6.45) is 3.28. The molecule has 0 spiro atoms. The lowest BCUT2D eigenvalue weighted by molar-refractivity contribution is -0.130. The number of benzene rings is 1. The molecule has 4 rings (SSSR count). The van der Waals surface area contributed by atoms with Crippen LogP contribution in [0.1, 0.15) is 16.1 Å². The summed E-state index contributed by atoms with van der Waals surface area (Å²) in [6, 6.07) is 5.88. The maximum atomic E-state index is 12.0. The van der Waals surface area contributed by atoms with E-state index in [2.05, 4.69) is 21.6 Å². The van der Waals surface area contributed by atoms with Gasteiger partial charge >= 0.3 is 0 Å². The molecule has 0 bridgehead atoms. The highest BCUT2D eigenvalue weighted by Crippen LogP contribution is 2.35. The van der Waals surface area contributed by atoms with Gasteiger partial charge in [-0.3, -0.25) is 14.3 Å². The van der Waals surface area contributed by atoms with Gasteiger partial charge in [0.1, 0.15) is 0 Å². The second-order valence-corrected chi connectivity index (χ2v) is 7.48. The minimum Gasteiger partial charge on any atom is -0.367 e. The number of aromatic amines is 1. The third-order valence-electron chi connectivity index (χ3n) is 5.62. The van der Waals surface area contributed by atoms with Gasteiger partial charge in [0.25, 0.3) is 5.91 Å². The molecule has 8 heteroatoms. The van der Waals surface area contributed by atoms with E-state index in [4.69, 9.17) is 5.73 Å². The van der Waals surface area contributed by atoms with E-state index in [0.717, 1.165) is 28.0 Å². The number of carbonyl (C=O) groups excluding carboxylic acids is 2. The van der Waals surface area contributed by atoms with E-state index >= 15 is 0 Å². The molecule has 2 amide bonds. The molecule has 3 aromatic rings. The standard InChI is InChI=1S/C21H24N6O2/c1-5-19(28)27-9-13(10-27)26(4)18-7-6-14(21(22)29)20-15(18)8-17(23-20)16-11-25(3)24-12(16)2/h5-8,11,13,23H,1,9-10H2,2-4H3,(H2,22,29). The Kier molecular flexibility index (Phi) is 4.41. The van der Waals surface area contributed by atoms with Gasteiger partial charge < -0.3 is 20.5 Å². The van der Waals surface area contributed by atoms with Gasteiger partial charge in [0, 0.05) is 55.7 Å². The summed E-state index contributed by atoms with van der Waals surface area (Å²) in [5.41, 5.74) is 10.5. The normalized spacial score (nSPS) is 14.1.